The number of nitrogens with zero attached hydrogens (tertiary/aromatic N) is 1. The van der Waals surface area contributed by atoms with Gasteiger partial charge in [0.15, 0.2) is 0 Å². The Hall–Kier alpha value is -0.370. The Bertz CT molecular complexity index is 294. The summed E-state index contributed by atoms with van der Waals surface area (Å²) in [6, 6.07) is 0.768. The van der Waals surface area contributed by atoms with Crippen molar-refractivity contribution in [3.63, 3.8) is 0 Å². The summed E-state index contributed by atoms with van der Waals surface area (Å²) in [6.45, 7) is 6.87. The largest absolute Gasteiger partial charge is 0.300 e. The Morgan fingerprint density at radius 3 is 2.45 bits per heavy atom. The van der Waals surface area contributed by atoms with Crippen LogP contribution in [0.3, 0.4) is 0 Å². The molecule has 0 heterocycles. The Morgan fingerprint density at radius 2 is 1.75 bits per heavy atom. The molecule has 2 nitrogen and oxygen atoms in total. The Labute approximate surface area is 125 Å². The third-order valence-electron chi connectivity index (χ3n) is 5.22. The summed E-state index contributed by atoms with van der Waals surface area (Å²) in [6.07, 6.45) is 12.4. The third-order valence-corrected chi connectivity index (χ3v) is 5.22. The second-order valence-corrected chi connectivity index (χ2v) is 7.38. The van der Waals surface area contributed by atoms with E-state index < -0.39 is 0 Å². The van der Waals surface area contributed by atoms with Gasteiger partial charge in [-0.3, -0.25) is 9.69 Å². The van der Waals surface area contributed by atoms with Crippen LogP contribution in [0.4, 0.5) is 0 Å². The molecule has 2 rings (SSSR count). The molecule has 2 heteroatoms. The number of rotatable bonds is 6. The van der Waals surface area contributed by atoms with E-state index in [-0.39, 0.29) is 0 Å². The number of carbonyl (C=O) groups is 1. The molecule has 0 saturated heterocycles. The summed E-state index contributed by atoms with van der Waals surface area (Å²) < 4.78 is 0. The normalized spacial score (nSPS) is 25.6. The molecule has 0 radical (unpaired) electrons. The predicted octanol–water partition coefficient (Wildman–Crippen LogP) is 4.43. The summed E-state index contributed by atoms with van der Waals surface area (Å²) in [5.74, 6) is 1.66. The zero-order valence-electron chi connectivity index (χ0n) is 13.6. The summed E-state index contributed by atoms with van der Waals surface area (Å²) in [4.78, 5) is 15.0. The van der Waals surface area contributed by atoms with Gasteiger partial charge in [0.2, 0.25) is 0 Å². The minimum absolute atomic E-state index is 0.338. The van der Waals surface area contributed by atoms with E-state index >= 15 is 0 Å². The van der Waals surface area contributed by atoms with Crippen LogP contribution in [0.2, 0.25) is 0 Å². The molecule has 1 unspecified atom stereocenters. The number of hydrogen-bond acceptors (Lipinski definition) is 2. The van der Waals surface area contributed by atoms with E-state index in [0.29, 0.717) is 11.7 Å². The highest BCUT2D eigenvalue weighted by Crippen LogP contribution is 2.27. The second-order valence-electron chi connectivity index (χ2n) is 7.38. The van der Waals surface area contributed by atoms with Crippen molar-refractivity contribution < 1.29 is 4.79 Å². The third kappa shape index (κ3) is 4.87. The first-order valence-electron chi connectivity index (χ1n) is 8.93. The van der Waals surface area contributed by atoms with E-state index in [1.807, 2.05) is 0 Å². The molecule has 2 saturated carbocycles. The number of Topliss-reactive ketones (excluding diaryl/α,β-unsaturated/α-hetero) is 1. The molecule has 0 N–H and O–H groups in total. The van der Waals surface area contributed by atoms with E-state index in [0.717, 1.165) is 37.8 Å². The van der Waals surface area contributed by atoms with Gasteiger partial charge in [-0.05, 0) is 44.6 Å². The van der Waals surface area contributed by atoms with Crippen LogP contribution < -0.4 is 0 Å². The number of ketones is 1. The lowest BCUT2D eigenvalue weighted by atomic mass is 9.96. The van der Waals surface area contributed by atoms with Crippen molar-refractivity contribution in [1.29, 1.82) is 0 Å². The molecule has 116 valence electrons. The molecule has 2 aliphatic rings. The first-order valence-corrected chi connectivity index (χ1v) is 8.93. The molecule has 0 aliphatic heterocycles. The molecule has 0 bridgehead atoms. The second kappa shape index (κ2) is 8.17. The van der Waals surface area contributed by atoms with Crippen LogP contribution in [0.5, 0.6) is 0 Å². The van der Waals surface area contributed by atoms with Crippen LogP contribution in [0.1, 0.15) is 78.1 Å². The Balaban J connectivity index is 1.92. The SMILES string of the molecule is CC(C)CCN(CC1CCCCCC1=O)C1CCCC1. The lowest BCUT2D eigenvalue weighted by Gasteiger charge is -2.32. The maximum Gasteiger partial charge on any atom is 0.137 e. The van der Waals surface area contributed by atoms with Crippen LogP contribution in [0.25, 0.3) is 0 Å². The van der Waals surface area contributed by atoms with E-state index in [2.05, 4.69) is 18.7 Å². The van der Waals surface area contributed by atoms with Gasteiger partial charge in [0.25, 0.3) is 0 Å². The summed E-state index contributed by atoms with van der Waals surface area (Å²) in [5, 5.41) is 0. The van der Waals surface area contributed by atoms with Crippen molar-refractivity contribution in [2.24, 2.45) is 11.8 Å². The van der Waals surface area contributed by atoms with Crippen LogP contribution in [-0.2, 0) is 4.79 Å². The highest BCUT2D eigenvalue weighted by Gasteiger charge is 2.28. The lowest BCUT2D eigenvalue weighted by Crippen LogP contribution is -2.40. The average molecular weight is 279 g/mol. The van der Waals surface area contributed by atoms with Crippen LogP contribution >= 0.6 is 0 Å². The van der Waals surface area contributed by atoms with Gasteiger partial charge in [-0.25, -0.2) is 0 Å². The molecule has 0 aromatic rings. The van der Waals surface area contributed by atoms with Crippen molar-refractivity contribution in [2.75, 3.05) is 13.1 Å². The summed E-state index contributed by atoms with van der Waals surface area (Å²) in [7, 11) is 0. The van der Waals surface area contributed by atoms with Gasteiger partial charge >= 0.3 is 0 Å². The molecule has 0 aromatic carbocycles. The van der Waals surface area contributed by atoms with Gasteiger partial charge in [-0.1, -0.05) is 39.5 Å². The average Bonchev–Trinajstić information content (AvgIpc) is 2.87. The molecule has 20 heavy (non-hydrogen) atoms. The first-order chi connectivity index (χ1) is 9.66. The maximum atomic E-state index is 12.3. The molecular weight excluding hydrogens is 246 g/mol. The van der Waals surface area contributed by atoms with Crippen LogP contribution in [0, 0.1) is 11.8 Å². The van der Waals surface area contributed by atoms with E-state index in [4.69, 9.17) is 0 Å². The Kier molecular flexibility index (Phi) is 6.54. The van der Waals surface area contributed by atoms with Crippen molar-refractivity contribution in [3.8, 4) is 0 Å². The lowest BCUT2D eigenvalue weighted by molar-refractivity contribution is -0.123. The highest BCUT2D eigenvalue weighted by molar-refractivity contribution is 5.81. The fraction of sp³-hybridized carbons (Fsp3) is 0.944. The van der Waals surface area contributed by atoms with Crippen molar-refractivity contribution in [2.45, 2.75) is 84.1 Å². The zero-order chi connectivity index (χ0) is 14.4. The van der Waals surface area contributed by atoms with Crippen LogP contribution in [0.15, 0.2) is 0 Å². The molecule has 0 spiro atoms. The van der Waals surface area contributed by atoms with E-state index in [1.165, 1.54) is 51.5 Å². The van der Waals surface area contributed by atoms with Crippen molar-refractivity contribution in [3.05, 3.63) is 0 Å². The van der Waals surface area contributed by atoms with Gasteiger partial charge in [-0.15, -0.1) is 0 Å². The predicted molar refractivity (Wildman–Crippen MR) is 84.9 cm³/mol. The van der Waals surface area contributed by atoms with Crippen molar-refractivity contribution >= 4 is 5.78 Å². The topological polar surface area (TPSA) is 20.3 Å². The first kappa shape index (κ1) is 16.0. The van der Waals surface area contributed by atoms with Gasteiger partial charge < -0.3 is 0 Å². The Morgan fingerprint density at radius 1 is 1.05 bits per heavy atom. The van der Waals surface area contributed by atoms with E-state index in [9.17, 15) is 4.79 Å². The molecule has 1 atom stereocenters. The monoisotopic (exact) mass is 279 g/mol. The number of hydrogen-bond donors (Lipinski definition) is 0. The molecule has 2 fully saturated rings. The maximum absolute atomic E-state index is 12.3. The quantitative estimate of drug-likeness (QED) is 0.671. The fourth-order valence-corrected chi connectivity index (χ4v) is 3.82. The minimum Gasteiger partial charge on any atom is -0.300 e. The van der Waals surface area contributed by atoms with E-state index in [1.54, 1.807) is 0 Å². The zero-order valence-corrected chi connectivity index (χ0v) is 13.6. The number of carbonyl (C=O) groups excluding carboxylic acids is 1. The van der Waals surface area contributed by atoms with Crippen molar-refractivity contribution in [1.82, 2.24) is 4.90 Å². The van der Waals surface area contributed by atoms with Crippen LogP contribution in [-0.4, -0.2) is 29.8 Å². The molecular formula is C18H33NO. The summed E-state index contributed by atoms with van der Waals surface area (Å²) in [5.41, 5.74) is 0. The fourth-order valence-electron chi connectivity index (χ4n) is 3.82. The van der Waals surface area contributed by atoms with Gasteiger partial charge in [-0.2, -0.15) is 0 Å². The minimum atomic E-state index is 0.338. The highest BCUT2D eigenvalue weighted by atomic mass is 16.1. The molecule has 0 amide bonds. The smallest absolute Gasteiger partial charge is 0.137 e. The van der Waals surface area contributed by atoms with Gasteiger partial charge in [0.1, 0.15) is 5.78 Å². The van der Waals surface area contributed by atoms with Gasteiger partial charge in [0.05, 0.1) is 0 Å². The molecule has 0 aromatic heterocycles. The van der Waals surface area contributed by atoms with Gasteiger partial charge in [0, 0.05) is 24.9 Å². The molecule has 2 aliphatic carbocycles. The standard InChI is InChI=1S/C18H33NO/c1-15(2)12-13-19(17-9-6-7-10-17)14-16-8-4-3-5-11-18(16)20/h15-17H,3-14H2,1-2H3. The summed E-state index contributed by atoms with van der Waals surface area (Å²) >= 11 is 0.